The minimum Gasteiger partial charge on any atom is -0.495 e. The van der Waals surface area contributed by atoms with Gasteiger partial charge in [-0.2, -0.15) is 0 Å². The molecule has 8 nitrogen and oxygen atoms in total. The number of carbonyl (C=O) groups excluding carboxylic acids is 1. The van der Waals surface area contributed by atoms with Gasteiger partial charge in [0.05, 0.1) is 32.6 Å². The summed E-state index contributed by atoms with van der Waals surface area (Å²) in [4.78, 5) is 16.1. The van der Waals surface area contributed by atoms with Crippen LogP contribution >= 0.6 is 12.4 Å². The Bertz CT molecular complexity index is 716. The van der Waals surface area contributed by atoms with Gasteiger partial charge in [-0.15, -0.1) is 17.5 Å². The van der Waals surface area contributed by atoms with Crippen molar-refractivity contribution in [3.8, 4) is 5.75 Å². The molecule has 0 radical (unpaired) electrons. The fraction of sp³-hybridized carbons (Fsp3) is 0.471. The number of anilines is 1. The zero-order valence-corrected chi connectivity index (χ0v) is 15.8. The number of hydrogen-bond acceptors (Lipinski definition) is 7. The van der Waals surface area contributed by atoms with Crippen LogP contribution in [0.15, 0.2) is 30.5 Å². The summed E-state index contributed by atoms with van der Waals surface area (Å²) in [7, 11) is 3.04. The molecule has 1 fully saturated rings. The van der Waals surface area contributed by atoms with Crippen molar-refractivity contribution in [3.63, 3.8) is 0 Å². The zero-order chi connectivity index (χ0) is 17.6. The van der Waals surface area contributed by atoms with Crippen LogP contribution in [0.1, 0.15) is 10.5 Å². The van der Waals surface area contributed by atoms with E-state index in [-0.39, 0.29) is 18.1 Å². The minimum atomic E-state index is -0.461. The smallest absolute Gasteiger partial charge is 0.360 e. The lowest BCUT2D eigenvalue weighted by Gasteiger charge is -2.36. The molecule has 0 unspecified atom stereocenters. The first-order chi connectivity index (χ1) is 12.2. The normalized spacial score (nSPS) is 14.6. The van der Waals surface area contributed by atoms with Crippen molar-refractivity contribution in [3.05, 3.63) is 36.2 Å². The van der Waals surface area contributed by atoms with Crippen LogP contribution in [0.4, 0.5) is 5.69 Å². The quantitative estimate of drug-likeness (QED) is 0.698. The maximum atomic E-state index is 11.4. The Hall–Kier alpha value is -2.32. The molecular formula is C17H24ClN5O3. The second-order valence-electron chi connectivity index (χ2n) is 5.86. The molecule has 2 aromatic rings. The van der Waals surface area contributed by atoms with E-state index >= 15 is 0 Å². The largest absolute Gasteiger partial charge is 0.495 e. The van der Waals surface area contributed by atoms with E-state index in [0.717, 1.165) is 44.2 Å². The number of carbonyl (C=O) groups is 1. The summed E-state index contributed by atoms with van der Waals surface area (Å²) in [5, 5.41) is 7.79. The monoisotopic (exact) mass is 381 g/mol. The number of nitrogens with zero attached hydrogens (tertiary/aromatic N) is 5. The van der Waals surface area contributed by atoms with E-state index < -0.39 is 5.97 Å². The number of piperazine rings is 1. The molecule has 9 heteroatoms. The maximum Gasteiger partial charge on any atom is 0.360 e. The average Bonchev–Trinajstić information content (AvgIpc) is 3.15. The van der Waals surface area contributed by atoms with E-state index in [0.29, 0.717) is 6.54 Å². The molecule has 3 rings (SSSR count). The number of ether oxygens (including phenoxy) is 2. The number of aromatic nitrogens is 3. The molecule has 0 spiro atoms. The van der Waals surface area contributed by atoms with E-state index in [9.17, 15) is 4.79 Å². The van der Waals surface area contributed by atoms with Crippen LogP contribution in [0.25, 0.3) is 0 Å². The number of rotatable bonds is 6. The van der Waals surface area contributed by atoms with Gasteiger partial charge in [-0.1, -0.05) is 17.3 Å². The highest BCUT2D eigenvalue weighted by Crippen LogP contribution is 2.28. The van der Waals surface area contributed by atoms with Gasteiger partial charge in [0.2, 0.25) is 0 Å². The predicted octanol–water partition coefficient (Wildman–Crippen LogP) is 1.32. The first-order valence-corrected chi connectivity index (χ1v) is 8.30. The molecule has 0 bridgehead atoms. The summed E-state index contributed by atoms with van der Waals surface area (Å²) in [6.07, 6.45) is 1.62. The molecule has 1 aromatic carbocycles. The standard InChI is InChI=1S/C17H23N5O3.ClH/c1-24-16-6-4-3-5-15(16)21-10-7-20(8-11-21)9-12-22-13-14(18-19-22)17(23)25-2;/h3-6,13H,7-12H2,1-2H3;1H. The summed E-state index contributed by atoms with van der Waals surface area (Å²) < 4.78 is 11.8. The van der Waals surface area contributed by atoms with Crippen molar-refractivity contribution in [2.45, 2.75) is 6.54 Å². The van der Waals surface area contributed by atoms with Gasteiger partial charge in [0.1, 0.15) is 5.75 Å². The summed E-state index contributed by atoms with van der Waals surface area (Å²) in [5.41, 5.74) is 1.38. The van der Waals surface area contributed by atoms with Crippen molar-refractivity contribution in [2.24, 2.45) is 0 Å². The van der Waals surface area contributed by atoms with Crippen molar-refractivity contribution >= 4 is 24.1 Å². The van der Waals surface area contributed by atoms with Crippen molar-refractivity contribution in [1.82, 2.24) is 19.9 Å². The van der Waals surface area contributed by atoms with Crippen molar-refractivity contribution in [1.29, 1.82) is 0 Å². The first kappa shape index (κ1) is 20.0. The lowest BCUT2D eigenvalue weighted by molar-refractivity contribution is 0.0594. The second-order valence-corrected chi connectivity index (χ2v) is 5.86. The van der Waals surface area contributed by atoms with Crippen molar-refractivity contribution in [2.75, 3.05) is 51.8 Å². The Kier molecular flexibility index (Phi) is 7.23. The number of halogens is 1. The van der Waals surface area contributed by atoms with E-state index in [1.54, 1.807) is 18.0 Å². The lowest BCUT2D eigenvalue weighted by Crippen LogP contribution is -2.47. The van der Waals surface area contributed by atoms with Gasteiger partial charge in [0.25, 0.3) is 0 Å². The second kappa shape index (κ2) is 9.40. The predicted molar refractivity (Wildman–Crippen MR) is 100 cm³/mol. The van der Waals surface area contributed by atoms with Crippen LogP contribution in [-0.2, 0) is 11.3 Å². The average molecular weight is 382 g/mol. The number of methoxy groups -OCH3 is 2. The number of para-hydroxylation sites is 2. The third kappa shape index (κ3) is 4.64. The Morgan fingerprint density at radius 3 is 2.54 bits per heavy atom. The molecular weight excluding hydrogens is 358 g/mol. The molecule has 0 saturated carbocycles. The van der Waals surface area contributed by atoms with Crippen LogP contribution < -0.4 is 9.64 Å². The molecule has 0 aliphatic carbocycles. The topological polar surface area (TPSA) is 72.7 Å². The molecule has 0 amide bonds. The Morgan fingerprint density at radius 1 is 1.12 bits per heavy atom. The maximum absolute atomic E-state index is 11.4. The van der Waals surface area contributed by atoms with E-state index in [1.807, 2.05) is 18.2 Å². The van der Waals surface area contributed by atoms with E-state index in [1.165, 1.54) is 7.11 Å². The SMILES string of the molecule is COC(=O)c1cn(CCN2CCN(c3ccccc3OC)CC2)nn1.Cl. The highest BCUT2D eigenvalue weighted by molar-refractivity contribution is 5.86. The minimum absolute atomic E-state index is 0. The molecule has 1 saturated heterocycles. The Balaban J connectivity index is 0.00000243. The third-order valence-corrected chi connectivity index (χ3v) is 4.38. The summed E-state index contributed by atoms with van der Waals surface area (Å²) in [5.74, 6) is 0.450. The first-order valence-electron chi connectivity index (χ1n) is 8.30. The van der Waals surface area contributed by atoms with Crippen LogP contribution in [0.5, 0.6) is 5.75 Å². The molecule has 0 N–H and O–H groups in total. The molecule has 2 heterocycles. The van der Waals surface area contributed by atoms with Crippen molar-refractivity contribution < 1.29 is 14.3 Å². The van der Waals surface area contributed by atoms with Gasteiger partial charge in [-0.25, -0.2) is 4.79 Å². The molecule has 1 aliphatic rings. The fourth-order valence-corrected chi connectivity index (χ4v) is 2.95. The molecule has 1 aliphatic heterocycles. The van der Waals surface area contributed by atoms with Gasteiger partial charge < -0.3 is 14.4 Å². The zero-order valence-electron chi connectivity index (χ0n) is 15.0. The van der Waals surface area contributed by atoms with Gasteiger partial charge >= 0.3 is 5.97 Å². The summed E-state index contributed by atoms with van der Waals surface area (Å²) in [6.45, 7) is 5.39. The van der Waals surface area contributed by atoms with Gasteiger partial charge in [0.15, 0.2) is 5.69 Å². The molecule has 26 heavy (non-hydrogen) atoms. The van der Waals surface area contributed by atoms with Crippen LogP contribution in [-0.4, -0.2) is 72.8 Å². The Morgan fingerprint density at radius 2 is 1.85 bits per heavy atom. The molecule has 1 aromatic heterocycles. The van der Waals surface area contributed by atoms with Crippen LogP contribution in [0, 0.1) is 0 Å². The number of benzene rings is 1. The van der Waals surface area contributed by atoms with Crippen LogP contribution in [0.3, 0.4) is 0 Å². The van der Waals surface area contributed by atoms with Gasteiger partial charge in [0, 0.05) is 32.7 Å². The molecule has 142 valence electrons. The third-order valence-electron chi connectivity index (χ3n) is 4.38. The lowest BCUT2D eigenvalue weighted by atomic mass is 10.2. The van der Waals surface area contributed by atoms with Gasteiger partial charge in [-0.05, 0) is 12.1 Å². The van der Waals surface area contributed by atoms with Gasteiger partial charge in [-0.3, -0.25) is 9.58 Å². The fourth-order valence-electron chi connectivity index (χ4n) is 2.95. The highest BCUT2D eigenvalue weighted by Gasteiger charge is 2.19. The van der Waals surface area contributed by atoms with E-state index in [4.69, 9.17) is 4.74 Å². The Labute approximate surface area is 159 Å². The molecule has 0 atom stereocenters. The summed E-state index contributed by atoms with van der Waals surface area (Å²) in [6, 6.07) is 8.11. The number of esters is 1. The van der Waals surface area contributed by atoms with E-state index in [2.05, 4.69) is 30.9 Å². The highest BCUT2D eigenvalue weighted by atomic mass is 35.5. The van der Waals surface area contributed by atoms with Crippen LogP contribution in [0.2, 0.25) is 0 Å². The number of hydrogen-bond donors (Lipinski definition) is 0. The summed E-state index contributed by atoms with van der Waals surface area (Å²) >= 11 is 0.